The number of hydrogen-bond acceptors (Lipinski definition) is 5. The van der Waals surface area contributed by atoms with Crippen LogP contribution in [0.1, 0.15) is 43.4 Å². The second-order valence-electron chi connectivity index (χ2n) is 10.6. The van der Waals surface area contributed by atoms with E-state index < -0.39 is 35.4 Å². The molecule has 1 atom stereocenters. The van der Waals surface area contributed by atoms with E-state index in [4.69, 9.17) is 4.42 Å². The van der Waals surface area contributed by atoms with Gasteiger partial charge in [0.25, 0.3) is 6.17 Å². The van der Waals surface area contributed by atoms with Crippen molar-refractivity contribution in [2.45, 2.75) is 51.6 Å². The smallest absolute Gasteiger partial charge is 0.449 e. The number of carboxylic acids is 1. The minimum Gasteiger partial charge on any atom is -0.481 e. The minimum absolute atomic E-state index is 0.0167. The number of carbonyl (C=O) groups excluding carboxylic acids is 1. The highest BCUT2D eigenvalue weighted by Crippen LogP contribution is 2.32. The maximum Gasteiger partial charge on any atom is 0.449 e. The number of rotatable bonds is 8. The van der Waals surface area contributed by atoms with E-state index in [9.17, 15) is 27.9 Å². The van der Waals surface area contributed by atoms with Crippen LogP contribution in [0.4, 0.5) is 13.2 Å². The molecule has 5 rings (SSSR count). The van der Waals surface area contributed by atoms with Gasteiger partial charge in [0.2, 0.25) is 5.76 Å². The summed E-state index contributed by atoms with van der Waals surface area (Å²) in [4.78, 5) is 31.5. The first-order valence-electron chi connectivity index (χ1n) is 13.1. The summed E-state index contributed by atoms with van der Waals surface area (Å²) in [6, 6.07) is 16.7. The fourth-order valence-corrected chi connectivity index (χ4v) is 4.76. The Kier molecular flexibility index (Phi) is 7.44. The molecular formula is C31H28F3N4O4+. The summed E-state index contributed by atoms with van der Waals surface area (Å²) < 4.78 is 46.1. The number of allylic oxidation sites excluding steroid dienone is 1. The Bertz CT molecular complexity index is 1660. The van der Waals surface area contributed by atoms with E-state index in [-0.39, 0.29) is 24.6 Å². The van der Waals surface area contributed by atoms with Crippen LogP contribution < -0.4 is 0 Å². The second-order valence-corrected chi connectivity index (χ2v) is 10.6. The average Bonchev–Trinajstić information content (AvgIpc) is 3.56. The molecule has 3 aromatic rings. The number of halogens is 3. The van der Waals surface area contributed by atoms with Crippen LogP contribution >= 0.6 is 0 Å². The number of hydrazone groups is 1. The Morgan fingerprint density at radius 2 is 1.76 bits per heavy atom. The topological polar surface area (TPSA) is 98.5 Å². The molecule has 1 N–H and O–H groups in total. The maximum atomic E-state index is 13.9. The Morgan fingerprint density at radius 3 is 2.43 bits per heavy atom. The van der Waals surface area contributed by atoms with Gasteiger partial charge in [0.05, 0.1) is 18.2 Å². The summed E-state index contributed by atoms with van der Waals surface area (Å²) in [6.45, 7) is 4.83. The predicted octanol–water partition coefficient (Wildman–Crippen LogP) is 5.67. The van der Waals surface area contributed by atoms with E-state index in [1.165, 1.54) is 21.9 Å². The van der Waals surface area contributed by atoms with Crippen molar-refractivity contribution in [3.05, 3.63) is 95.5 Å². The Labute approximate surface area is 239 Å². The molecule has 0 bridgehead atoms. The van der Waals surface area contributed by atoms with Crippen LogP contribution in [0.5, 0.6) is 0 Å². The van der Waals surface area contributed by atoms with Gasteiger partial charge in [-0.3, -0.25) is 9.59 Å². The average molecular weight is 578 g/mol. The van der Waals surface area contributed by atoms with Crippen molar-refractivity contribution in [3.8, 4) is 11.1 Å². The Hall–Kier alpha value is -4.80. The first kappa shape index (κ1) is 28.7. The van der Waals surface area contributed by atoms with E-state index in [1.807, 2.05) is 36.4 Å². The van der Waals surface area contributed by atoms with Crippen molar-refractivity contribution in [1.82, 2.24) is 4.90 Å². The molecule has 0 aliphatic carbocycles. The molecule has 8 nitrogen and oxygen atoms in total. The van der Waals surface area contributed by atoms with Gasteiger partial charge < -0.3 is 14.4 Å². The van der Waals surface area contributed by atoms with E-state index in [1.54, 1.807) is 45.1 Å². The van der Waals surface area contributed by atoms with Crippen LogP contribution in [0.15, 0.2) is 87.3 Å². The molecule has 1 aromatic heterocycles. The van der Waals surface area contributed by atoms with Crippen LogP contribution in [0.3, 0.4) is 0 Å². The van der Waals surface area contributed by atoms with E-state index in [0.29, 0.717) is 11.3 Å². The first-order valence-corrected chi connectivity index (χ1v) is 13.1. The lowest BCUT2D eigenvalue weighted by Gasteiger charge is -2.21. The number of amides is 1. The molecule has 0 radical (unpaired) electrons. The van der Waals surface area contributed by atoms with Gasteiger partial charge in [0.1, 0.15) is 11.5 Å². The normalized spacial score (nSPS) is 16.4. The zero-order valence-corrected chi connectivity index (χ0v) is 23.1. The van der Waals surface area contributed by atoms with Crippen molar-refractivity contribution in [2.75, 3.05) is 0 Å². The molecule has 1 amide bonds. The van der Waals surface area contributed by atoms with Crippen molar-refractivity contribution >= 4 is 29.5 Å². The summed E-state index contributed by atoms with van der Waals surface area (Å²) in [5, 5.41) is 13.9. The molecule has 0 spiro atoms. The second kappa shape index (κ2) is 10.9. The van der Waals surface area contributed by atoms with Crippen molar-refractivity contribution in [3.63, 3.8) is 0 Å². The van der Waals surface area contributed by atoms with Crippen LogP contribution in [0.25, 0.3) is 11.1 Å². The number of alkyl halides is 3. The van der Waals surface area contributed by atoms with Gasteiger partial charge in [-0.1, -0.05) is 48.5 Å². The summed E-state index contributed by atoms with van der Waals surface area (Å²) in [5.74, 6) is -2.54. The third kappa shape index (κ3) is 5.67. The number of aliphatic imine (C=N–C) groups is 1. The first-order chi connectivity index (χ1) is 19.8. The van der Waals surface area contributed by atoms with Gasteiger partial charge >= 0.3 is 23.8 Å². The Balaban J connectivity index is 1.44. The SMILES string of the molecule is CC1=NC2C=CC=N[N+]2=C1C(=O)N(Cc1ccc(-c2cccc(C(C)(C)C(=O)O)c2)cc1)Cc1ccc(C(F)(F)F)o1. The molecule has 0 saturated carbocycles. The summed E-state index contributed by atoms with van der Waals surface area (Å²) in [7, 11) is 0. The fourth-order valence-electron chi connectivity index (χ4n) is 4.76. The van der Waals surface area contributed by atoms with Gasteiger partial charge in [-0.05, 0) is 71.0 Å². The number of hydrogen-bond donors (Lipinski definition) is 1. The quantitative estimate of drug-likeness (QED) is 0.349. The highest BCUT2D eigenvalue weighted by molar-refractivity contribution is 6.65. The highest BCUT2D eigenvalue weighted by Gasteiger charge is 2.41. The maximum absolute atomic E-state index is 13.9. The highest BCUT2D eigenvalue weighted by atomic mass is 19.4. The monoisotopic (exact) mass is 577 g/mol. The molecule has 42 heavy (non-hydrogen) atoms. The number of carboxylic acid groups (broad SMARTS) is 1. The summed E-state index contributed by atoms with van der Waals surface area (Å²) in [6.07, 6.45) is -0.0578. The standard InChI is InChI=1S/C31H27F3N4O4/c1-19-27(38-26(36-19)8-5-15-35-38)28(39)37(18-24-13-14-25(42-24)31(32,33)34)17-20-9-11-21(12-10-20)22-6-4-7-23(16-22)30(2,3)29(40)41/h4-16,26H,17-18H2,1-3H3/p+1. The summed E-state index contributed by atoms with van der Waals surface area (Å²) >= 11 is 0. The third-order valence-corrected chi connectivity index (χ3v) is 7.27. The van der Waals surface area contributed by atoms with Gasteiger partial charge in [-0.15, -0.1) is 0 Å². The van der Waals surface area contributed by atoms with Crippen molar-refractivity contribution in [2.24, 2.45) is 10.1 Å². The molecule has 11 heteroatoms. The zero-order valence-electron chi connectivity index (χ0n) is 23.1. The number of fused-ring (bicyclic) bond motifs is 1. The molecule has 2 aromatic carbocycles. The van der Waals surface area contributed by atoms with Gasteiger partial charge in [0, 0.05) is 12.6 Å². The molecule has 0 fully saturated rings. The van der Waals surface area contributed by atoms with Crippen molar-refractivity contribution in [1.29, 1.82) is 0 Å². The van der Waals surface area contributed by atoms with Gasteiger partial charge in [0.15, 0.2) is 0 Å². The van der Waals surface area contributed by atoms with E-state index in [2.05, 4.69) is 10.1 Å². The predicted molar refractivity (Wildman–Crippen MR) is 150 cm³/mol. The molecule has 2 aliphatic heterocycles. The molecule has 1 unspecified atom stereocenters. The van der Waals surface area contributed by atoms with Gasteiger partial charge in [-0.25, -0.2) is 4.99 Å². The number of carbonyl (C=O) groups is 2. The van der Waals surface area contributed by atoms with Crippen LogP contribution in [-0.4, -0.2) is 50.4 Å². The largest absolute Gasteiger partial charge is 0.481 e. The number of aliphatic carboxylic acids is 1. The third-order valence-electron chi connectivity index (χ3n) is 7.27. The van der Waals surface area contributed by atoms with Crippen LogP contribution in [0.2, 0.25) is 0 Å². The van der Waals surface area contributed by atoms with Crippen LogP contribution in [-0.2, 0) is 34.3 Å². The number of nitrogens with zero attached hydrogens (tertiary/aromatic N) is 4. The Morgan fingerprint density at radius 1 is 1.02 bits per heavy atom. The lowest BCUT2D eigenvalue weighted by Crippen LogP contribution is -2.41. The number of furan rings is 1. The lowest BCUT2D eigenvalue weighted by molar-refractivity contribution is -0.553. The number of benzene rings is 2. The molecule has 0 saturated heterocycles. The molecular weight excluding hydrogens is 549 g/mol. The van der Waals surface area contributed by atoms with E-state index in [0.717, 1.165) is 22.8 Å². The fraction of sp³-hybridized carbons (Fsp3) is 0.258. The summed E-state index contributed by atoms with van der Waals surface area (Å²) in [5.41, 5.74) is 2.68. The van der Waals surface area contributed by atoms with E-state index >= 15 is 0 Å². The minimum atomic E-state index is -4.65. The molecule has 3 heterocycles. The molecule has 2 aliphatic rings. The van der Waals surface area contributed by atoms with Crippen LogP contribution in [0, 0.1) is 0 Å². The van der Waals surface area contributed by atoms with Gasteiger partial charge in [-0.2, -0.15) is 13.2 Å². The van der Waals surface area contributed by atoms with Crippen molar-refractivity contribution < 1.29 is 37.0 Å². The molecule has 216 valence electrons. The zero-order chi connectivity index (χ0) is 30.2. The lowest BCUT2D eigenvalue weighted by atomic mass is 9.83.